The monoisotopic (exact) mass is 505 g/mol. The topological polar surface area (TPSA) is 55.4 Å². The minimum Gasteiger partial charge on any atom is -0.489 e. The number of dihydropyridines is 1. The molecule has 0 aromatic heterocycles. The van der Waals surface area contributed by atoms with Crippen molar-refractivity contribution in [2.24, 2.45) is 10.8 Å². The number of nitrogens with one attached hydrogen (secondary N) is 1. The number of carbonyl (C=O) groups is 2. The summed E-state index contributed by atoms with van der Waals surface area (Å²) in [5.41, 5.74) is 5.37. The predicted octanol–water partition coefficient (Wildman–Crippen LogP) is 7.39. The van der Waals surface area contributed by atoms with Gasteiger partial charge in [-0.3, -0.25) is 9.59 Å². The highest BCUT2D eigenvalue weighted by molar-refractivity contribution is 6.06. The summed E-state index contributed by atoms with van der Waals surface area (Å²) in [4.78, 5) is 27.2. The molecule has 0 radical (unpaired) electrons. The number of Topliss-reactive ketones (excluding diaryl/α,β-unsaturated/α-hetero) is 2. The largest absolute Gasteiger partial charge is 0.489 e. The van der Waals surface area contributed by atoms with Crippen LogP contribution in [0.2, 0.25) is 0 Å². The van der Waals surface area contributed by atoms with Crippen molar-refractivity contribution in [2.75, 3.05) is 0 Å². The lowest BCUT2D eigenvalue weighted by Gasteiger charge is -2.44. The van der Waals surface area contributed by atoms with Crippen molar-refractivity contribution < 1.29 is 14.3 Å². The van der Waals surface area contributed by atoms with Crippen molar-refractivity contribution in [3.05, 3.63) is 100 Å². The average Bonchev–Trinajstić information content (AvgIpc) is 2.85. The van der Waals surface area contributed by atoms with E-state index in [1.54, 1.807) is 0 Å². The lowest BCUT2D eigenvalue weighted by atomic mass is 9.64. The average molecular weight is 506 g/mol. The van der Waals surface area contributed by atoms with Crippen molar-refractivity contribution in [1.29, 1.82) is 0 Å². The van der Waals surface area contributed by atoms with E-state index in [0.717, 1.165) is 52.3 Å². The van der Waals surface area contributed by atoms with E-state index in [1.807, 2.05) is 36.4 Å². The second kappa shape index (κ2) is 8.97. The Morgan fingerprint density at radius 2 is 1.37 bits per heavy atom. The Labute approximate surface area is 224 Å². The molecule has 2 aliphatic carbocycles. The molecule has 3 aromatic carbocycles. The first-order chi connectivity index (χ1) is 18.1. The number of hydrogen-bond acceptors (Lipinski definition) is 4. The fourth-order valence-electron chi connectivity index (χ4n) is 6.59. The molecule has 194 valence electrons. The van der Waals surface area contributed by atoms with E-state index in [2.05, 4.69) is 63.3 Å². The highest BCUT2D eigenvalue weighted by Gasteiger charge is 2.46. The van der Waals surface area contributed by atoms with Gasteiger partial charge in [-0.2, -0.15) is 0 Å². The number of benzene rings is 3. The van der Waals surface area contributed by atoms with E-state index in [9.17, 15) is 9.59 Å². The van der Waals surface area contributed by atoms with Gasteiger partial charge in [-0.05, 0) is 57.7 Å². The third-order valence-electron chi connectivity index (χ3n) is 8.18. The second-order valence-corrected chi connectivity index (χ2v) is 12.7. The number of ketones is 2. The molecule has 1 N–H and O–H groups in total. The van der Waals surface area contributed by atoms with E-state index in [-0.39, 0.29) is 28.3 Å². The molecule has 1 aliphatic heterocycles. The van der Waals surface area contributed by atoms with Gasteiger partial charge in [0, 0.05) is 41.3 Å². The van der Waals surface area contributed by atoms with Crippen LogP contribution in [0.1, 0.15) is 70.4 Å². The van der Waals surface area contributed by atoms with Crippen LogP contribution in [-0.4, -0.2) is 11.6 Å². The van der Waals surface area contributed by atoms with E-state index in [0.29, 0.717) is 19.4 Å². The molecular formula is C34H35NO3. The van der Waals surface area contributed by atoms with E-state index >= 15 is 0 Å². The lowest BCUT2D eigenvalue weighted by molar-refractivity contribution is -0.119. The molecule has 6 rings (SSSR count). The van der Waals surface area contributed by atoms with Gasteiger partial charge in [0.25, 0.3) is 0 Å². The summed E-state index contributed by atoms with van der Waals surface area (Å²) in [6.45, 7) is 9.03. The minimum absolute atomic E-state index is 0.108. The molecule has 0 saturated heterocycles. The Morgan fingerprint density at radius 3 is 2.05 bits per heavy atom. The van der Waals surface area contributed by atoms with Gasteiger partial charge >= 0.3 is 0 Å². The Hall–Kier alpha value is -3.66. The third kappa shape index (κ3) is 4.47. The molecule has 0 bridgehead atoms. The van der Waals surface area contributed by atoms with Crippen molar-refractivity contribution >= 4 is 22.3 Å². The standard InChI is InChI=1S/C34H35NO3/c1-33(2)16-26-31(28(36)18-33)30(32-27(35-26)17-34(3,4)19-29(32)37)22-11-8-13-24(15-22)38-20-23-12-7-10-21-9-5-6-14-25(21)23/h5-15,30,35H,16-20H2,1-4H3. The molecule has 38 heavy (non-hydrogen) atoms. The SMILES string of the molecule is CC1(C)CC(=O)C2=C(C1)NC1=C(C(=O)CC(C)(C)C1)C2c1cccc(OCc2cccc3ccccc23)c1. The van der Waals surface area contributed by atoms with Gasteiger partial charge in [-0.15, -0.1) is 0 Å². The van der Waals surface area contributed by atoms with Gasteiger partial charge in [0.15, 0.2) is 11.6 Å². The molecule has 0 fully saturated rings. The summed E-state index contributed by atoms with van der Waals surface area (Å²) in [6, 6.07) is 22.6. The smallest absolute Gasteiger partial charge is 0.162 e. The van der Waals surface area contributed by atoms with Crippen LogP contribution < -0.4 is 10.1 Å². The Bertz CT molecular complexity index is 1480. The maximum absolute atomic E-state index is 13.6. The summed E-state index contributed by atoms with van der Waals surface area (Å²) in [7, 11) is 0. The Balaban J connectivity index is 1.38. The van der Waals surface area contributed by atoms with Crippen LogP contribution in [0.25, 0.3) is 10.8 Å². The van der Waals surface area contributed by atoms with Gasteiger partial charge < -0.3 is 10.1 Å². The summed E-state index contributed by atoms with van der Waals surface area (Å²) in [5.74, 6) is 0.667. The van der Waals surface area contributed by atoms with Crippen LogP contribution in [0.5, 0.6) is 5.75 Å². The van der Waals surface area contributed by atoms with Gasteiger partial charge in [-0.25, -0.2) is 0 Å². The fraction of sp³-hybridized carbons (Fsp3) is 0.353. The number of fused-ring (bicyclic) bond motifs is 1. The first kappa shape index (κ1) is 24.7. The number of ether oxygens (including phenoxy) is 1. The van der Waals surface area contributed by atoms with Crippen LogP contribution in [0.15, 0.2) is 89.3 Å². The van der Waals surface area contributed by atoms with Crippen LogP contribution >= 0.6 is 0 Å². The molecule has 3 aromatic rings. The molecule has 0 amide bonds. The Morgan fingerprint density at radius 1 is 0.763 bits per heavy atom. The zero-order chi connectivity index (χ0) is 26.7. The van der Waals surface area contributed by atoms with Gasteiger partial charge in [0.05, 0.1) is 0 Å². The number of rotatable bonds is 4. The first-order valence-electron chi connectivity index (χ1n) is 13.6. The van der Waals surface area contributed by atoms with Crippen molar-refractivity contribution in [1.82, 2.24) is 5.32 Å². The van der Waals surface area contributed by atoms with Crippen molar-refractivity contribution in [2.45, 2.75) is 65.9 Å². The number of allylic oxidation sites excluding steroid dienone is 4. The van der Waals surface area contributed by atoms with E-state index in [4.69, 9.17) is 4.74 Å². The molecule has 0 spiro atoms. The molecule has 0 atom stereocenters. The molecule has 0 saturated carbocycles. The molecule has 0 unspecified atom stereocenters. The highest BCUT2D eigenvalue weighted by Crippen LogP contribution is 2.51. The summed E-state index contributed by atoms with van der Waals surface area (Å²) < 4.78 is 6.31. The van der Waals surface area contributed by atoms with Gasteiger partial charge in [0.1, 0.15) is 12.4 Å². The summed E-state index contributed by atoms with van der Waals surface area (Å²) in [5, 5.41) is 5.96. The minimum atomic E-state index is -0.352. The van der Waals surface area contributed by atoms with Crippen LogP contribution in [0, 0.1) is 10.8 Å². The third-order valence-corrected chi connectivity index (χ3v) is 8.18. The Kier molecular flexibility index (Phi) is 5.82. The van der Waals surface area contributed by atoms with Crippen LogP contribution in [0.4, 0.5) is 0 Å². The highest BCUT2D eigenvalue weighted by atomic mass is 16.5. The van der Waals surface area contributed by atoms with Crippen LogP contribution in [0.3, 0.4) is 0 Å². The van der Waals surface area contributed by atoms with Crippen LogP contribution in [-0.2, 0) is 16.2 Å². The van der Waals surface area contributed by atoms with Crippen molar-refractivity contribution in [3.63, 3.8) is 0 Å². The molecule has 4 nitrogen and oxygen atoms in total. The maximum atomic E-state index is 13.6. The first-order valence-corrected chi connectivity index (χ1v) is 13.6. The summed E-state index contributed by atoms with van der Waals surface area (Å²) >= 11 is 0. The van der Waals surface area contributed by atoms with Crippen molar-refractivity contribution in [3.8, 4) is 5.75 Å². The maximum Gasteiger partial charge on any atom is 0.162 e. The molecule has 4 heteroatoms. The normalized spacial score (nSPS) is 20.7. The lowest BCUT2D eigenvalue weighted by Crippen LogP contribution is -2.42. The number of hydrogen-bond donors (Lipinski definition) is 1. The quantitative estimate of drug-likeness (QED) is 0.402. The zero-order valence-electron chi connectivity index (χ0n) is 22.7. The summed E-state index contributed by atoms with van der Waals surface area (Å²) in [6.07, 6.45) is 2.58. The van der Waals surface area contributed by atoms with E-state index in [1.165, 1.54) is 10.8 Å². The second-order valence-electron chi connectivity index (χ2n) is 12.7. The molecular weight excluding hydrogens is 470 g/mol. The zero-order valence-corrected chi connectivity index (χ0v) is 22.7. The fourth-order valence-corrected chi connectivity index (χ4v) is 6.59. The predicted molar refractivity (Wildman–Crippen MR) is 151 cm³/mol. The van der Waals surface area contributed by atoms with Gasteiger partial charge in [-0.1, -0.05) is 82.3 Å². The van der Waals surface area contributed by atoms with E-state index < -0.39 is 0 Å². The number of carbonyl (C=O) groups excluding carboxylic acids is 2. The molecule has 3 aliphatic rings. The van der Waals surface area contributed by atoms with Gasteiger partial charge in [0.2, 0.25) is 0 Å². The molecule has 1 heterocycles.